The first-order valence-corrected chi connectivity index (χ1v) is 6.23. The van der Waals surface area contributed by atoms with Gasteiger partial charge >= 0.3 is 12.0 Å². The molecule has 0 saturated heterocycles. The van der Waals surface area contributed by atoms with Crippen molar-refractivity contribution >= 4 is 23.8 Å². The van der Waals surface area contributed by atoms with Crippen LogP contribution >= 0.6 is 0 Å². The van der Waals surface area contributed by atoms with Crippen LogP contribution in [0.1, 0.15) is 25.7 Å². The molecule has 20 heavy (non-hydrogen) atoms. The molecule has 112 valence electrons. The van der Waals surface area contributed by atoms with Gasteiger partial charge in [-0.2, -0.15) is 0 Å². The fourth-order valence-electron chi connectivity index (χ4n) is 1.42. The van der Waals surface area contributed by atoms with Crippen LogP contribution in [-0.4, -0.2) is 47.5 Å². The van der Waals surface area contributed by atoms with Crippen molar-refractivity contribution in [3.05, 3.63) is 0 Å². The summed E-state index contributed by atoms with van der Waals surface area (Å²) in [6.45, 7) is -0.232. The van der Waals surface area contributed by atoms with Gasteiger partial charge in [0.2, 0.25) is 11.8 Å². The van der Waals surface area contributed by atoms with Gasteiger partial charge in [0.05, 0.1) is 6.54 Å². The molecule has 0 spiro atoms. The Balaban J connectivity index is 2.27. The number of urea groups is 1. The van der Waals surface area contributed by atoms with Crippen LogP contribution in [0.25, 0.3) is 0 Å². The van der Waals surface area contributed by atoms with Crippen molar-refractivity contribution in [3.63, 3.8) is 0 Å². The van der Waals surface area contributed by atoms with E-state index in [-0.39, 0.29) is 31.3 Å². The lowest BCUT2D eigenvalue weighted by Crippen LogP contribution is -2.48. The third-order valence-corrected chi connectivity index (χ3v) is 2.63. The number of rotatable bonds is 8. The smallest absolute Gasteiger partial charge is 0.326 e. The van der Waals surface area contributed by atoms with E-state index in [0.29, 0.717) is 0 Å². The normalized spacial score (nSPS) is 15.0. The van der Waals surface area contributed by atoms with E-state index < -0.39 is 23.9 Å². The Morgan fingerprint density at radius 2 is 1.90 bits per heavy atom. The van der Waals surface area contributed by atoms with Gasteiger partial charge in [0.1, 0.15) is 6.04 Å². The van der Waals surface area contributed by atoms with Crippen LogP contribution in [-0.2, 0) is 14.4 Å². The minimum atomic E-state index is -1.27. The Morgan fingerprint density at radius 1 is 1.25 bits per heavy atom. The van der Waals surface area contributed by atoms with Gasteiger partial charge in [-0.15, -0.1) is 0 Å². The van der Waals surface area contributed by atoms with Crippen molar-refractivity contribution in [1.82, 2.24) is 16.0 Å². The van der Waals surface area contributed by atoms with E-state index in [4.69, 9.17) is 10.8 Å². The molecule has 9 nitrogen and oxygen atoms in total. The third-order valence-electron chi connectivity index (χ3n) is 2.63. The molecule has 0 heterocycles. The molecule has 0 aromatic carbocycles. The van der Waals surface area contributed by atoms with Gasteiger partial charge in [-0.05, 0) is 19.3 Å². The monoisotopic (exact) mass is 286 g/mol. The molecule has 0 aromatic rings. The van der Waals surface area contributed by atoms with Crippen molar-refractivity contribution in [2.75, 3.05) is 6.54 Å². The number of hydrogen-bond acceptors (Lipinski definition) is 4. The van der Waals surface area contributed by atoms with Gasteiger partial charge < -0.3 is 26.8 Å². The van der Waals surface area contributed by atoms with E-state index in [2.05, 4.69) is 16.0 Å². The highest BCUT2D eigenvalue weighted by atomic mass is 16.4. The van der Waals surface area contributed by atoms with E-state index in [1.165, 1.54) is 0 Å². The van der Waals surface area contributed by atoms with Crippen LogP contribution in [0.3, 0.4) is 0 Å². The molecule has 1 fully saturated rings. The summed E-state index contributed by atoms with van der Waals surface area (Å²) in [5.74, 6) is -2.25. The lowest BCUT2D eigenvalue weighted by Gasteiger charge is -2.14. The summed E-state index contributed by atoms with van der Waals surface area (Å²) in [5, 5.41) is 15.9. The summed E-state index contributed by atoms with van der Waals surface area (Å²) >= 11 is 0. The van der Waals surface area contributed by atoms with Crippen molar-refractivity contribution in [1.29, 1.82) is 0 Å². The number of hydrogen-bond donors (Lipinski definition) is 5. The lowest BCUT2D eigenvalue weighted by atomic mass is 10.1. The van der Waals surface area contributed by atoms with Crippen LogP contribution in [0.15, 0.2) is 0 Å². The van der Waals surface area contributed by atoms with Crippen LogP contribution in [0.4, 0.5) is 4.79 Å². The molecule has 1 saturated carbocycles. The van der Waals surface area contributed by atoms with Gasteiger partial charge in [0.15, 0.2) is 0 Å². The van der Waals surface area contributed by atoms with Gasteiger partial charge in [-0.3, -0.25) is 9.59 Å². The first kappa shape index (κ1) is 15.7. The highest BCUT2D eigenvalue weighted by Gasteiger charge is 2.24. The summed E-state index contributed by atoms with van der Waals surface area (Å²) in [5.41, 5.74) is 4.91. The zero-order chi connectivity index (χ0) is 15.1. The van der Waals surface area contributed by atoms with Crippen molar-refractivity contribution in [2.45, 2.75) is 37.8 Å². The average Bonchev–Trinajstić information content (AvgIpc) is 3.15. The van der Waals surface area contributed by atoms with Gasteiger partial charge in [-0.1, -0.05) is 0 Å². The number of aliphatic carboxylic acids is 1. The van der Waals surface area contributed by atoms with Crippen LogP contribution in [0.2, 0.25) is 0 Å². The van der Waals surface area contributed by atoms with Gasteiger partial charge in [0, 0.05) is 12.5 Å². The van der Waals surface area contributed by atoms with Crippen LogP contribution < -0.4 is 21.7 Å². The largest absolute Gasteiger partial charge is 0.480 e. The quantitative estimate of drug-likeness (QED) is 0.359. The van der Waals surface area contributed by atoms with E-state index >= 15 is 0 Å². The van der Waals surface area contributed by atoms with Crippen molar-refractivity contribution < 1.29 is 24.3 Å². The molecule has 0 aliphatic heterocycles. The number of amides is 4. The Kier molecular flexibility index (Phi) is 5.75. The average molecular weight is 286 g/mol. The number of carboxylic acids is 1. The number of carboxylic acid groups (broad SMARTS) is 1. The lowest BCUT2D eigenvalue weighted by molar-refractivity contribution is -0.139. The summed E-state index contributed by atoms with van der Waals surface area (Å²) in [7, 11) is 0. The summed E-state index contributed by atoms with van der Waals surface area (Å²) in [4.78, 5) is 44.2. The topological polar surface area (TPSA) is 151 Å². The Hall–Kier alpha value is -2.32. The Morgan fingerprint density at radius 3 is 2.40 bits per heavy atom. The Bertz CT molecular complexity index is 408. The molecule has 0 unspecified atom stereocenters. The molecular formula is C11H18N4O5. The molecule has 1 atom stereocenters. The fourth-order valence-corrected chi connectivity index (χ4v) is 1.42. The second-order valence-corrected chi connectivity index (χ2v) is 4.56. The number of nitrogens with one attached hydrogen (secondary N) is 3. The maximum Gasteiger partial charge on any atom is 0.326 e. The Labute approximate surface area is 115 Å². The minimum absolute atomic E-state index is 0.105. The molecule has 6 N–H and O–H groups in total. The molecule has 1 aliphatic carbocycles. The molecule has 0 radical (unpaired) electrons. The number of carbonyl (C=O) groups is 4. The molecule has 4 amide bonds. The van der Waals surface area contributed by atoms with E-state index in [1.54, 1.807) is 0 Å². The van der Waals surface area contributed by atoms with Crippen molar-refractivity contribution in [2.24, 2.45) is 5.73 Å². The van der Waals surface area contributed by atoms with E-state index in [1.807, 2.05) is 0 Å². The fraction of sp³-hybridized carbons (Fsp3) is 0.636. The summed E-state index contributed by atoms with van der Waals surface area (Å²) in [6, 6.07) is -1.82. The van der Waals surface area contributed by atoms with Crippen LogP contribution in [0.5, 0.6) is 0 Å². The number of primary amides is 1. The summed E-state index contributed by atoms with van der Waals surface area (Å²) in [6.07, 6.45) is 1.62. The minimum Gasteiger partial charge on any atom is -0.480 e. The zero-order valence-corrected chi connectivity index (χ0v) is 10.8. The molecular weight excluding hydrogens is 268 g/mol. The van der Waals surface area contributed by atoms with Gasteiger partial charge in [-0.25, -0.2) is 9.59 Å². The van der Waals surface area contributed by atoms with Crippen LogP contribution in [0, 0.1) is 0 Å². The maximum atomic E-state index is 11.4. The molecule has 0 bridgehead atoms. The number of nitrogens with two attached hydrogens (primary N) is 1. The first-order valence-electron chi connectivity index (χ1n) is 6.23. The maximum absolute atomic E-state index is 11.4. The van der Waals surface area contributed by atoms with E-state index in [9.17, 15) is 19.2 Å². The van der Waals surface area contributed by atoms with Crippen molar-refractivity contribution in [3.8, 4) is 0 Å². The number of carbonyl (C=O) groups excluding carboxylic acids is 3. The third kappa shape index (κ3) is 6.57. The molecule has 1 aliphatic rings. The molecule has 0 aromatic heterocycles. The highest BCUT2D eigenvalue weighted by Crippen LogP contribution is 2.18. The molecule has 1 rings (SSSR count). The standard InChI is InChI=1S/C11H18N4O5/c12-8(16)4-3-7(10(18)19)15-11(20)13-5-9(17)14-6-1-2-6/h6-7H,1-5H2,(H2,12,16)(H,14,17)(H,18,19)(H2,13,15,20)/t7-/m1/s1. The highest BCUT2D eigenvalue weighted by molar-refractivity contribution is 5.87. The summed E-state index contributed by atoms with van der Waals surface area (Å²) < 4.78 is 0. The second-order valence-electron chi connectivity index (χ2n) is 4.56. The second kappa shape index (κ2) is 7.31. The van der Waals surface area contributed by atoms with Gasteiger partial charge in [0.25, 0.3) is 0 Å². The molecule has 9 heteroatoms. The SMILES string of the molecule is NC(=O)CC[C@@H](NC(=O)NCC(=O)NC1CC1)C(=O)O. The first-order chi connectivity index (χ1) is 9.38. The predicted molar refractivity (Wildman–Crippen MR) is 67.6 cm³/mol. The van der Waals surface area contributed by atoms with E-state index in [0.717, 1.165) is 12.8 Å². The zero-order valence-electron chi connectivity index (χ0n) is 10.8. The predicted octanol–water partition coefficient (Wildman–Crippen LogP) is -1.72.